The molecular formula is C15H20N6O2. The number of esters is 1. The summed E-state index contributed by atoms with van der Waals surface area (Å²) in [4.78, 5) is 13.7. The predicted octanol–water partition coefficient (Wildman–Crippen LogP) is 1.55. The average molecular weight is 316 g/mol. The smallest absolute Gasteiger partial charge is 0.337 e. The van der Waals surface area contributed by atoms with Crippen molar-refractivity contribution in [2.45, 2.75) is 13.8 Å². The van der Waals surface area contributed by atoms with Crippen molar-refractivity contribution in [2.24, 2.45) is 10.8 Å². The molecule has 0 aromatic heterocycles. The minimum absolute atomic E-state index is 0.215. The Kier molecular flexibility index (Phi) is 6.55. The molecule has 8 nitrogen and oxygen atoms in total. The molecule has 0 radical (unpaired) electrons. The normalized spacial score (nSPS) is 10.6. The van der Waals surface area contributed by atoms with E-state index in [2.05, 4.69) is 10.5 Å². The first kappa shape index (κ1) is 18.0. The number of nitrogens with two attached hydrogens (primary N) is 1. The van der Waals surface area contributed by atoms with Crippen molar-refractivity contribution < 1.29 is 9.53 Å². The summed E-state index contributed by atoms with van der Waals surface area (Å²) in [6.45, 7) is 5.41. The number of benzene rings is 1. The molecule has 0 atom stereocenters. The molecule has 0 heterocycles. The number of nitrogens with one attached hydrogen (secondary N) is 2. The zero-order chi connectivity index (χ0) is 17.4. The Morgan fingerprint density at radius 3 is 2.61 bits per heavy atom. The van der Waals surface area contributed by atoms with Crippen LogP contribution in [-0.2, 0) is 4.74 Å². The zero-order valence-electron chi connectivity index (χ0n) is 13.4. The highest BCUT2D eigenvalue weighted by Gasteiger charge is 2.14. The maximum absolute atomic E-state index is 11.7. The van der Waals surface area contributed by atoms with Crippen LogP contribution in [0.3, 0.4) is 0 Å². The number of methoxy groups -OCH3 is 1. The molecule has 4 N–H and O–H groups in total. The molecule has 23 heavy (non-hydrogen) atoms. The van der Waals surface area contributed by atoms with Gasteiger partial charge in [0.1, 0.15) is 6.07 Å². The largest absolute Gasteiger partial charge is 0.465 e. The van der Waals surface area contributed by atoms with Gasteiger partial charge in [0.05, 0.1) is 24.0 Å². The van der Waals surface area contributed by atoms with Gasteiger partial charge in [-0.1, -0.05) is 0 Å². The van der Waals surface area contributed by atoms with Gasteiger partial charge in [-0.15, -0.1) is 0 Å². The van der Waals surface area contributed by atoms with Gasteiger partial charge >= 0.3 is 5.97 Å². The molecule has 8 heteroatoms. The summed E-state index contributed by atoms with van der Waals surface area (Å²) in [6, 6.07) is 6.69. The van der Waals surface area contributed by atoms with Crippen LogP contribution >= 0.6 is 0 Å². The van der Waals surface area contributed by atoms with Gasteiger partial charge in [0.2, 0.25) is 5.71 Å². The second-order valence-electron chi connectivity index (χ2n) is 4.49. The fourth-order valence-electron chi connectivity index (χ4n) is 1.96. The van der Waals surface area contributed by atoms with E-state index in [1.165, 1.54) is 7.11 Å². The highest BCUT2D eigenvalue weighted by Crippen LogP contribution is 2.27. The molecule has 0 aliphatic carbocycles. The van der Waals surface area contributed by atoms with Crippen molar-refractivity contribution in [1.29, 1.82) is 10.7 Å². The maximum Gasteiger partial charge on any atom is 0.337 e. The molecule has 0 saturated heterocycles. The van der Waals surface area contributed by atoms with Crippen molar-refractivity contribution >= 4 is 28.9 Å². The molecule has 0 aliphatic rings. The number of rotatable bonds is 7. The Bertz CT molecular complexity index is 658. The topological polar surface area (TPSA) is 128 Å². The van der Waals surface area contributed by atoms with Crippen LogP contribution in [-0.4, -0.2) is 37.7 Å². The van der Waals surface area contributed by atoms with E-state index >= 15 is 0 Å². The number of nitrogens with zero attached hydrogens (tertiary/aromatic N) is 3. The van der Waals surface area contributed by atoms with Crippen LogP contribution in [0.2, 0.25) is 0 Å². The summed E-state index contributed by atoms with van der Waals surface area (Å²) >= 11 is 0. The molecule has 0 spiro atoms. The number of anilines is 2. The molecule has 1 aromatic rings. The highest BCUT2D eigenvalue weighted by atomic mass is 16.5. The van der Waals surface area contributed by atoms with Crippen LogP contribution in [0.4, 0.5) is 11.4 Å². The van der Waals surface area contributed by atoms with Gasteiger partial charge in [0, 0.05) is 13.1 Å². The fraction of sp³-hybridized carbons (Fsp3) is 0.333. The van der Waals surface area contributed by atoms with E-state index in [9.17, 15) is 4.79 Å². The highest BCUT2D eigenvalue weighted by molar-refractivity contribution is 6.45. The van der Waals surface area contributed by atoms with Crippen LogP contribution in [0.25, 0.3) is 0 Å². The lowest BCUT2D eigenvalue weighted by Gasteiger charge is -2.24. The first-order valence-corrected chi connectivity index (χ1v) is 7.03. The molecule has 0 unspecified atom stereocenters. The number of hydrazone groups is 1. The Morgan fingerprint density at radius 2 is 2.13 bits per heavy atom. The number of ether oxygens (including phenoxy) is 1. The van der Waals surface area contributed by atoms with Crippen molar-refractivity contribution in [1.82, 2.24) is 0 Å². The van der Waals surface area contributed by atoms with Gasteiger partial charge in [-0.2, -0.15) is 10.4 Å². The van der Waals surface area contributed by atoms with E-state index in [1.54, 1.807) is 24.3 Å². The fourth-order valence-corrected chi connectivity index (χ4v) is 1.96. The summed E-state index contributed by atoms with van der Waals surface area (Å²) in [7, 11) is 1.32. The molecule has 0 fully saturated rings. The lowest BCUT2D eigenvalue weighted by Crippen LogP contribution is -2.24. The lowest BCUT2D eigenvalue weighted by molar-refractivity contribution is 0.0601. The van der Waals surface area contributed by atoms with E-state index < -0.39 is 11.8 Å². The third kappa shape index (κ3) is 4.44. The number of hydrogen-bond acceptors (Lipinski definition) is 7. The van der Waals surface area contributed by atoms with Gasteiger partial charge < -0.3 is 15.4 Å². The van der Waals surface area contributed by atoms with Gasteiger partial charge in [-0.25, -0.2) is 4.79 Å². The molecule has 1 rings (SSSR count). The van der Waals surface area contributed by atoms with E-state index in [0.717, 1.165) is 18.8 Å². The van der Waals surface area contributed by atoms with Crippen molar-refractivity contribution in [3.63, 3.8) is 0 Å². The third-order valence-corrected chi connectivity index (χ3v) is 3.17. The molecule has 1 aromatic carbocycles. The van der Waals surface area contributed by atoms with E-state index in [0.29, 0.717) is 11.3 Å². The third-order valence-electron chi connectivity index (χ3n) is 3.17. The lowest BCUT2D eigenvalue weighted by atomic mass is 10.1. The predicted molar refractivity (Wildman–Crippen MR) is 89.9 cm³/mol. The number of carbonyl (C=O) groups is 1. The Balaban J connectivity index is 3.28. The Morgan fingerprint density at radius 1 is 1.48 bits per heavy atom. The molecule has 0 saturated carbocycles. The van der Waals surface area contributed by atoms with E-state index in [-0.39, 0.29) is 5.71 Å². The first-order valence-electron chi connectivity index (χ1n) is 7.03. The summed E-state index contributed by atoms with van der Waals surface area (Å²) in [5.74, 6) is -0.856. The van der Waals surface area contributed by atoms with E-state index in [4.69, 9.17) is 21.1 Å². The van der Waals surface area contributed by atoms with Crippen LogP contribution in [0.15, 0.2) is 23.3 Å². The minimum Gasteiger partial charge on any atom is -0.465 e. The van der Waals surface area contributed by atoms with Gasteiger partial charge in [0.25, 0.3) is 0 Å². The van der Waals surface area contributed by atoms with Crippen LogP contribution in [0, 0.1) is 16.7 Å². The maximum atomic E-state index is 11.7. The number of carbonyl (C=O) groups excluding carboxylic acids is 1. The minimum atomic E-state index is -0.435. The standard InChI is InChI=1S/C15H20N6O2/c1-4-21(5-2)13-8-10(15(22)23-3)6-7-11(13)19-20-12(9-16)14(17)18/h6-8,19H,4-5H2,1-3H3,(H3,17,18)/b20-12+. The zero-order valence-corrected chi connectivity index (χ0v) is 13.4. The molecule has 0 bridgehead atoms. The molecule has 0 amide bonds. The molecule has 0 aliphatic heterocycles. The second kappa shape index (κ2) is 8.38. The van der Waals surface area contributed by atoms with E-state index in [1.807, 2.05) is 18.7 Å². The SMILES string of the molecule is CCN(CC)c1cc(C(=O)OC)ccc1N/N=C(\C#N)C(=N)N. The van der Waals surface area contributed by atoms with Crippen molar-refractivity contribution in [3.05, 3.63) is 23.8 Å². The summed E-state index contributed by atoms with van der Waals surface area (Å²) in [5, 5.41) is 20.0. The summed E-state index contributed by atoms with van der Waals surface area (Å²) < 4.78 is 4.73. The van der Waals surface area contributed by atoms with Crippen LogP contribution in [0.1, 0.15) is 24.2 Å². The quantitative estimate of drug-likeness (QED) is 0.303. The van der Waals surface area contributed by atoms with Crippen molar-refractivity contribution in [2.75, 3.05) is 30.5 Å². The summed E-state index contributed by atoms with van der Waals surface area (Å²) in [6.07, 6.45) is 0. The molecule has 122 valence electrons. The Hall–Kier alpha value is -3.08. The monoisotopic (exact) mass is 316 g/mol. The average Bonchev–Trinajstić information content (AvgIpc) is 2.56. The number of hydrogen-bond donors (Lipinski definition) is 3. The van der Waals surface area contributed by atoms with Crippen molar-refractivity contribution in [3.8, 4) is 6.07 Å². The van der Waals surface area contributed by atoms with Gasteiger partial charge in [0.15, 0.2) is 5.84 Å². The van der Waals surface area contributed by atoms with Gasteiger partial charge in [-0.05, 0) is 32.0 Å². The Labute approximate surface area is 135 Å². The summed E-state index contributed by atoms with van der Waals surface area (Å²) in [5.41, 5.74) is 9.52. The molecular weight excluding hydrogens is 296 g/mol. The number of amidine groups is 1. The number of nitriles is 1. The second-order valence-corrected chi connectivity index (χ2v) is 4.49. The van der Waals surface area contributed by atoms with Gasteiger partial charge in [-0.3, -0.25) is 10.8 Å². The van der Waals surface area contributed by atoms with Crippen LogP contribution in [0.5, 0.6) is 0 Å². The first-order chi connectivity index (χ1) is 11.0. The van der Waals surface area contributed by atoms with Crippen LogP contribution < -0.4 is 16.1 Å².